The number of rotatable bonds is 6. The molecule has 6 nitrogen and oxygen atoms in total. The van der Waals surface area contributed by atoms with E-state index in [1.54, 1.807) is 13.8 Å². The number of carbonyl (C=O) groups is 2. The molecule has 0 fully saturated rings. The van der Waals surface area contributed by atoms with Crippen molar-refractivity contribution in [1.82, 2.24) is 14.7 Å². The first-order valence-corrected chi connectivity index (χ1v) is 7.43. The van der Waals surface area contributed by atoms with Crippen molar-refractivity contribution in [2.24, 2.45) is 5.92 Å². The minimum Gasteiger partial charge on any atom is -0.481 e. The normalized spacial score (nSPS) is 14.3. The van der Waals surface area contributed by atoms with E-state index in [9.17, 15) is 22.8 Å². The molecule has 0 saturated heterocycles. The number of carboxylic acid groups (broad SMARTS) is 1. The Morgan fingerprint density at radius 2 is 1.83 bits per heavy atom. The number of halogens is 3. The van der Waals surface area contributed by atoms with E-state index in [-0.39, 0.29) is 18.1 Å². The minimum absolute atomic E-state index is 0.0211. The van der Waals surface area contributed by atoms with Gasteiger partial charge in [-0.15, -0.1) is 0 Å². The summed E-state index contributed by atoms with van der Waals surface area (Å²) in [4.78, 5) is 24.6. The molecule has 1 heterocycles. The standard InChI is InChI=1S/C15H22F3N3O3/c1-8(14(23)24)6-20(5)13(22)9(2)12-10(3)19-21(11(12)4)7-15(16,17)18/h8-9H,6-7H2,1-5H3,(H,23,24). The molecule has 1 aromatic rings. The second kappa shape index (κ2) is 7.23. The van der Waals surface area contributed by atoms with E-state index in [4.69, 9.17) is 5.11 Å². The lowest BCUT2D eigenvalue weighted by atomic mass is 9.97. The number of hydrogen-bond acceptors (Lipinski definition) is 3. The fourth-order valence-electron chi connectivity index (χ4n) is 2.69. The van der Waals surface area contributed by atoms with Crippen molar-refractivity contribution in [3.05, 3.63) is 17.0 Å². The van der Waals surface area contributed by atoms with Crippen LogP contribution in [0, 0.1) is 19.8 Å². The topological polar surface area (TPSA) is 75.4 Å². The first-order chi connectivity index (χ1) is 10.8. The van der Waals surface area contributed by atoms with E-state index in [1.165, 1.54) is 25.8 Å². The molecule has 24 heavy (non-hydrogen) atoms. The zero-order valence-corrected chi connectivity index (χ0v) is 14.3. The van der Waals surface area contributed by atoms with Gasteiger partial charge in [0.15, 0.2) is 0 Å². The molecule has 0 bridgehead atoms. The number of hydrogen-bond donors (Lipinski definition) is 1. The maximum Gasteiger partial charge on any atom is 0.408 e. The van der Waals surface area contributed by atoms with Crippen molar-refractivity contribution >= 4 is 11.9 Å². The number of nitrogens with zero attached hydrogens (tertiary/aromatic N) is 3. The zero-order chi connectivity index (χ0) is 18.8. The highest BCUT2D eigenvalue weighted by molar-refractivity contribution is 5.84. The summed E-state index contributed by atoms with van der Waals surface area (Å²) in [5, 5.41) is 12.8. The number of carbonyl (C=O) groups excluding carboxylic acids is 1. The third-order valence-electron chi connectivity index (χ3n) is 3.92. The quantitative estimate of drug-likeness (QED) is 0.855. The number of alkyl halides is 3. The highest BCUT2D eigenvalue weighted by Gasteiger charge is 2.32. The minimum atomic E-state index is -4.40. The van der Waals surface area contributed by atoms with Gasteiger partial charge < -0.3 is 10.0 Å². The van der Waals surface area contributed by atoms with Gasteiger partial charge in [-0.05, 0) is 20.8 Å². The highest BCUT2D eigenvalue weighted by atomic mass is 19.4. The van der Waals surface area contributed by atoms with Gasteiger partial charge in [0.2, 0.25) is 5.91 Å². The Balaban J connectivity index is 3.00. The summed E-state index contributed by atoms with van der Waals surface area (Å²) in [5.41, 5.74) is 1.08. The van der Waals surface area contributed by atoms with Crippen LogP contribution in [0.25, 0.3) is 0 Å². The number of carboxylic acids is 1. The van der Waals surface area contributed by atoms with Crippen LogP contribution in [0.2, 0.25) is 0 Å². The maximum atomic E-state index is 12.6. The third kappa shape index (κ3) is 4.72. The predicted octanol–water partition coefficient (Wildman–Crippen LogP) is 2.34. The molecule has 1 amide bonds. The Morgan fingerprint density at radius 1 is 1.29 bits per heavy atom. The van der Waals surface area contributed by atoms with Gasteiger partial charge in [0, 0.05) is 24.8 Å². The number of likely N-dealkylation sites (N-methyl/N-ethyl adjacent to an activating group) is 1. The Hall–Kier alpha value is -2.06. The monoisotopic (exact) mass is 349 g/mol. The summed E-state index contributed by atoms with van der Waals surface area (Å²) >= 11 is 0. The van der Waals surface area contributed by atoms with Crippen molar-refractivity contribution in [2.75, 3.05) is 13.6 Å². The van der Waals surface area contributed by atoms with E-state index in [2.05, 4.69) is 5.10 Å². The van der Waals surface area contributed by atoms with Crippen LogP contribution in [0.5, 0.6) is 0 Å². The number of aryl methyl sites for hydroxylation is 1. The molecule has 2 atom stereocenters. The van der Waals surface area contributed by atoms with E-state index >= 15 is 0 Å². The highest BCUT2D eigenvalue weighted by Crippen LogP contribution is 2.27. The van der Waals surface area contributed by atoms with Gasteiger partial charge in [0.1, 0.15) is 6.54 Å². The summed E-state index contributed by atoms with van der Waals surface area (Å²) in [6.45, 7) is 4.91. The summed E-state index contributed by atoms with van der Waals surface area (Å²) in [6, 6.07) is 0. The molecule has 0 aromatic carbocycles. The summed E-state index contributed by atoms with van der Waals surface area (Å²) in [7, 11) is 1.48. The van der Waals surface area contributed by atoms with Gasteiger partial charge in [-0.2, -0.15) is 18.3 Å². The zero-order valence-electron chi connectivity index (χ0n) is 14.3. The number of aliphatic carboxylic acids is 1. The molecule has 2 unspecified atom stereocenters. The Kier molecular flexibility index (Phi) is 6.02. The van der Waals surface area contributed by atoms with Crippen molar-refractivity contribution in [2.45, 2.75) is 46.3 Å². The third-order valence-corrected chi connectivity index (χ3v) is 3.92. The second-order valence-corrected chi connectivity index (χ2v) is 6.04. The van der Waals surface area contributed by atoms with Gasteiger partial charge in [-0.25, -0.2) is 0 Å². The van der Waals surface area contributed by atoms with E-state index in [0.29, 0.717) is 11.3 Å². The molecule has 0 aliphatic rings. The van der Waals surface area contributed by atoms with Gasteiger partial charge in [-0.1, -0.05) is 6.92 Å². The van der Waals surface area contributed by atoms with Crippen LogP contribution in [-0.4, -0.2) is 51.4 Å². The van der Waals surface area contributed by atoms with E-state index in [0.717, 1.165) is 4.68 Å². The molecule has 0 aliphatic heterocycles. The molecule has 9 heteroatoms. The smallest absolute Gasteiger partial charge is 0.408 e. The molecule has 0 saturated carbocycles. The van der Waals surface area contributed by atoms with Crippen LogP contribution in [0.15, 0.2) is 0 Å². The molecule has 0 aliphatic carbocycles. The Bertz CT molecular complexity index is 625. The average molecular weight is 349 g/mol. The number of amides is 1. The van der Waals surface area contributed by atoms with Crippen molar-refractivity contribution in [3.63, 3.8) is 0 Å². The second-order valence-electron chi connectivity index (χ2n) is 6.04. The predicted molar refractivity (Wildman–Crippen MR) is 80.6 cm³/mol. The molecular formula is C15H22F3N3O3. The van der Waals surface area contributed by atoms with Crippen molar-refractivity contribution in [3.8, 4) is 0 Å². The molecular weight excluding hydrogens is 327 g/mol. The lowest BCUT2D eigenvalue weighted by Crippen LogP contribution is -2.36. The first-order valence-electron chi connectivity index (χ1n) is 7.43. The van der Waals surface area contributed by atoms with Crippen LogP contribution in [-0.2, 0) is 16.1 Å². The van der Waals surface area contributed by atoms with Crippen molar-refractivity contribution < 1.29 is 27.9 Å². The fraction of sp³-hybridized carbons (Fsp3) is 0.667. The van der Waals surface area contributed by atoms with E-state index in [1.807, 2.05) is 0 Å². The van der Waals surface area contributed by atoms with E-state index < -0.39 is 30.5 Å². The van der Waals surface area contributed by atoms with Crippen LogP contribution in [0.4, 0.5) is 13.2 Å². The van der Waals surface area contributed by atoms with Crippen molar-refractivity contribution in [1.29, 1.82) is 0 Å². The first kappa shape index (κ1) is 20.0. The lowest BCUT2D eigenvalue weighted by Gasteiger charge is -2.23. The van der Waals surface area contributed by atoms with Gasteiger partial charge >= 0.3 is 12.1 Å². The molecule has 0 radical (unpaired) electrons. The Morgan fingerprint density at radius 3 is 2.29 bits per heavy atom. The van der Waals surface area contributed by atoms with Gasteiger partial charge in [-0.3, -0.25) is 14.3 Å². The SMILES string of the molecule is Cc1nn(CC(F)(F)F)c(C)c1C(C)C(=O)N(C)CC(C)C(=O)O. The molecule has 1 rings (SSSR count). The average Bonchev–Trinajstić information content (AvgIpc) is 2.69. The van der Waals surface area contributed by atoms with Crippen LogP contribution < -0.4 is 0 Å². The summed E-state index contributed by atoms with van der Waals surface area (Å²) in [5.74, 6) is -2.83. The largest absolute Gasteiger partial charge is 0.481 e. The van der Waals surface area contributed by atoms with Gasteiger partial charge in [0.05, 0.1) is 17.5 Å². The summed E-state index contributed by atoms with van der Waals surface area (Å²) in [6.07, 6.45) is -4.40. The molecule has 1 aromatic heterocycles. The molecule has 136 valence electrons. The van der Waals surface area contributed by atoms with Gasteiger partial charge in [0.25, 0.3) is 0 Å². The fourth-order valence-corrected chi connectivity index (χ4v) is 2.69. The maximum absolute atomic E-state index is 12.6. The van der Waals surface area contributed by atoms with Crippen LogP contribution >= 0.6 is 0 Å². The van der Waals surface area contributed by atoms with Crippen LogP contribution in [0.3, 0.4) is 0 Å². The summed E-state index contributed by atoms with van der Waals surface area (Å²) < 4.78 is 38.6. The molecule has 0 spiro atoms. The lowest BCUT2D eigenvalue weighted by molar-refractivity contribution is -0.143. The number of aromatic nitrogens is 2. The van der Waals surface area contributed by atoms with Crippen LogP contribution in [0.1, 0.15) is 36.7 Å². The Labute approximate surface area is 138 Å². The molecule has 1 N–H and O–H groups in total.